The van der Waals surface area contributed by atoms with E-state index < -0.39 is 63.2 Å². The molecule has 14 nitrogen and oxygen atoms in total. The minimum absolute atomic E-state index is 0.395. The second-order valence-electron chi connectivity index (χ2n) is 22.0. The molecular weight excluding hydrogens is 1430 g/mol. The molecule has 86 heavy (non-hydrogen) atoms. The summed E-state index contributed by atoms with van der Waals surface area (Å²) in [4.78, 5) is 25.3. The van der Waals surface area contributed by atoms with Gasteiger partial charge in [0.1, 0.15) is 0 Å². The molecule has 0 aliphatic carbocycles. The van der Waals surface area contributed by atoms with E-state index in [-0.39, 0.29) is 0 Å². The van der Waals surface area contributed by atoms with E-state index in [1.54, 1.807) is 24.3 Å². The Balaban J connectivity index is 1.00. The van der Waals surface area contributed by atoms with Gasteiger partial charge in [-0.1, -0.05) is 0 Å². The van der Waals surface area contributed by atoms with Crippen molar-refractivity contribution in [2.45, 2.75) is 0 Å². The summed E-state index contributed by atoms with van der Waals surface area (Å²) in [5, 5.41) is 0. The van der Waals surface area contributed by atoms with Crippen LogP contribution >= 0.6 is 0 Å². The van der Waals surface area contributed by atoms with Gasteiger partial charge in [-0.2, -0.15) is 0 Å². The van der Waals surface area contributed by atoms with Crippen molar-refractivity contribution < 1.29 is 51.7 Å². The van der Waals surface area contributed by atoms with Gasteiger partial charge in [0.25, 0.3) is 0 Å². The molecule has 0 radical (unpaired) electrons. The van der Waals surface area contributed by atoms with E-state index in [1.807, 2.05) is 241 Å². The maximum absolute atomic E-state index is 9.23. The van der Waals surface area contributed by atoms with Crippen molar-refractivity contribution >= 4 is 142 Å². The molecule has 6 aliphatic rings. The molecule has 0 fully saturated rings. The summed E-state index contributed by atoms with van der Waals surface area (Å²) in [5.74, 6) is 0. The zero-order valence-corrected chi connectivity index (χ0v) is 52.6. The molecule has 6 aliphatic heterocycles. The van der Waals surface area contributed by atoms with Crippen molar-refractivity contribution in [1.29, 1.82) is 0 Å². The molecular formula is C70H64N14Pt2-4. The fourth-order valence-corrected chi connectivity index (χ4v) is 17.7. The topological polar surface area (TPSA) is 45.4 Å². The second-order valence-corrected chi connectivity index (χ2v) is 27.2. The van der Waals surface area contributed by atoms with E-state index in [1.165, 1.54) is 19.6 Å². The molecule has 0 spiro atoms. The summed E-state index contributed by atoms with van der Waals surface area (Å²) in [6, 6.07) is 68.7. The summed E-state index contributed by atoms with van der Waals surface area (Å²) in [6.07, 6.45) is 0. The van der Waals surface area contributed by atoms with Crippen LogP contribution in [0.5, 0.6) is 0 Å². The van der Waals surface area contributed by atoms with Crippen molar-refractivity contribution in [2.24, 2.45) is 0 Å². The summed E-state index contributed by atoms with van der Waals surface area (Å²) < 4.78 is 112. The van der Waals surface area contributed by atoms with Gasteiger partial charge in [0.05, 0.1) is 0 Å². The maximum atomic E-state index is 9.23. The Hall–Kier alpha value is -8.96. The predicted molar refractivity (Wildman–Crippen MR) is 356 cm³/mol. The van der Waals surface area contributed by atoms with Gasteiger partial charge in [0.15, 0.2) is 0 Å². The van der Waals surface area contributed by atoms with Crippen LogP contribution in [0.3, 0.4) is 0 Å². The zero-order chi connectivity index (χ0) is 69.1. The minimum atomic E-state index is -2.71. The third kappa shape index (κ3) is 8.42. The van der Waals surface area contributed by atoms with Crippen LogP contribution in [0.2, 0.25) is 0 Å². The fraction of sp³-hybridized carbons (Fsp3) is 0.171. The predicted octanol–water partition coefficient (Wildman–Crippen LogP) is 13.0. The Morgan fingerprint density at radius 1 is 0.279 bits per heavy atom. The number of para-hydroxylation sites is 8. The fourth-order valence-electron chi connectivity index (χ4n) is 11.5. The van der Waals surface area contributed by atoms with Crippen molar-refractivity contribution in [1.82, 2.24) is 0 Å². The monoisotopic (exact) mass is 1500 g/mol. The first-order valence-electron chi connectivity index (χ1n) is 33.6. The first kappa shape index (κ1) is 42.0. The van der Waals surface area contributed by atoms with E-state index in [2.05, 4.69) is 34.1 Å². The summed E-state index contributed by atoms with van der Waals surface area (Å²) in [7, 11) is 15.6. The molecule has 0 unspecified atom stereocenters. The van der Waals surface area contributed by atoms with Crippen LogP contribution in [0, 0.1) is 24.3 Å². The van der Waals surface area contributed by atoms with E-state index >= 15 is 0 Å². The summed E-state index contributed by atoms with van der Waals surface area (Å²) in [6.45, 7) is -10.9. The van der Waals surface area contributed by atoms with Gasteiger partial charge < -0.3 is 0 Å². The van der Waals surface area contributed by atoms with Crippen LogP contribution in [0.15, 0.2) is 170 Å². The van der Waals surface area contributed by atoms with Crippen LogP contribution in [0.1, 0.15) is 16.4 Å². The molecule has 0 atom stereocenters. The van der Waals surface area contributed by atoms with Crippen molar-refractivity contribution in [2.75, 3.05) is 153 Å². The first-order valence-corrected chi connectivity index (χ1v) is 32.1. The third-order valence-corrected chi connectivity index (χ3v) is 21.9. The molecule has 16 heteroatoms. The van der Waals surface area contributed by atoms with E-state index in [0.29, 0.717) is 119 Å². The zero-order valence-electron chi connectivity index (χ0n) is 60.1. The van der Waals surface area contributed by atoms with Crippen LogP contribution in [-0.2, 0) is 35.3 Å². The van der Waals surface area contributed by atoms with Gasteiger partial charge in [0.2, 0.25) is 0 Å². The molecule has 15 rings (SSSR count). The number of benzene rings is 9. The van der Waals surface area contributed by atoms with Crippen molar-refractivity contribution in [3.63, 3.8) is 0 Å². The number of rotatable bonds is 6. The van der Waals surface area contributed by atoms with Gasteiger partial charge >= 0.3 is 540 Å². The van der Waals surface area contributed by atoms with E-state index in [9.17, 15) is 16.4 Å². The van der Waals surface area contributed by atoms with Crippen LogP contribution < -0.4 is 68.6 Å². The number of nitrogens with zero attached hydrogens (tertiary/aromatic N) is 14. The number of hydrogen-bond donors (Lipinski definition) is 0. The Labute approximate surface area is 537 Å². The summed E-state index contributed by atoms with van der Waals surface area (Å²) >= 11 is -3.56. The molecule has 0 aromatic heterocycles. The molecule has 9 aromatic rings. The Morgan fingerprint density at radius 3 is 0.674 bits per heavy atom. The SMILES string of the molecule is [2H]C([2H])([2H])N1[C]2=[Pt]=[C]3N(c4[c-]c(cc(N(C)C)c4)N(c4ccc(N5c6[c-]c(cc(N(C)C)c6)N6[C](=[Pt]=[C]7N(c8[c-]c5cc(N(C)C)c8)c5ccccc5N7C([2H])([2H])[2H])N(C([2H])([2H])[2H])c5ccccc56)cc4)c4[c-]c(cc(N(C)C)c4)N2c2ccccc21)c1ccccc1N3C([2H])([2H])[2H]. The Bertz CT molecular complexity index is 4340. The average molecular weight is 1500 g/mol. The van der Waals surface area contributed by atoms with Crippen LogP contribution in [-0.4, -0.2) is 101 Å². The second kappa shape index (κ2) is 20.4. The number of fused-ring (bicyclic) bond motifs is 24. The first-order chi connectivity index (χ1) is 46.4. The van der Waals surface area contributed by atoms with Crippen LogP contribution in [0.4, 0.5) is 125 Å². The molecule has 0 saturated heterocycles. The van der Waals surface area contributed by atoms with Gasteiger partial charge in [0, 0.05) is 0 Å². The molecule has 438 valence electrons. The van der Waals surface area contributed by atoms with Crippen LogP contribution in [0.25, 0.3) is 0 Å². The molecule has 9 aromatic carbocycles. The van der Waals surface area contributed by atoms with Crippen molar-refractivity contribution in [3.05, 3.63) is 194 Å². The molecule has 6 heterocycles. The van der Waals surface area contributed by atoms with E-state index in [0.717, 1.165) is 22.7 Å². The van der Waals surface area contributed by atoms with Crippen molar-refractivity contribution in [3.8, 4) is 0 Å². The standard InChI is InChI=1S/C70H64N14.2Pt/c1-71(2)51-33-55(79-45-75(9)63-21-13-17-25-67(63)79)41-59(37-51)83(60-38-52(72(3)4)34-56(42-60)80-46-76(10)64-22-14-18-26-68(64)80)49-29-31-50(32-30-49)84(61-39-53(73(5)6)35-57(43-61)81-47-77(11)65-23-15-19-27-69(65)81)62-40-54(74(7)8)36-58(44-62)82-48-78(12)66-24-16-20-28-70(66)82;;/h13-40H,1-12H3;;/q-4;;/i9D3,10D3,11D3,12D3;;. The number of anilines is 22. The van der Waals surface area contributed by atoms with E-state index in [4.69, 9.17) is 0 Å². The third-order valence-electron chi connectivity index (χ3n) is 15.8. The average Bonchev–Trinajstić information content (AvgIpc) is 1.56. The van der Waals surface area contributed by atoms with Gasteiger partial charge in [-0.3, -0.25) is 0 Å². The Kier molecular flexibility index (Phi) is 9.93. The molecule has 8 bridgehead atoms. The molecule has 0 saturated carbocycles. The van der Waals surface area contributed by atoms with Gasteiger partial charge in [-0.25, -0.2) is 0 Å². The van der Waals surface area contributed by atoms with Gasteiger partial charge in [-0.05, 0) is 0 Å². The van der Waals surface area contributed by atoms with Gasteiger partial charge in [-0.15, -0.1) is 0 Å². The molecule has 0 amide bonds. The quantitative estimate of drug-likeness (QED) is 0.149. The normalized spacial score (nSPS) is 18.1. The number of hydrogen-bond acceptors (Lipinski definition) is 14. The molecule has 0 N–H and O–H groups in total. The Morgan fingerprint density at radius 2 is 0.477 bits per heavy atom. The summed E-state index contributed by atoms with van der Waals surface area (Å²) in [5.41, 5.74) is 12.8.